The lowest BCUT2D eigenvalue weighted by Gasteiger charge is -2.19. The van der Waals surface area contributed by atoms with Crippen molar-refractivity contribution in [3.63, 3.8) is 0 Å². The zero-order chi connectivity index (χ0) is 23.1. The van der Waals surface area contributed by atoms with E-state index in [1.165, 1.54) is 25.7 Å². The third kappa shape index (κ3) is 4.04. The summed E-state index contributed by atoms with van der Waals surface area (Å²) in [7, 11) is -3.82. The quantitative estimate of drug-likeness (QED) is 0.552. The number of anilines is 1. The lowest BCUT2D eigenvalue weighted by molar-refractivity contribution is 0.0690. The van der Waals surface area contributed by atoms with Gasteiger partial charge in [0.2, 0.25) is 16.0 Å². The van der Waals surface area contributed by atoms with Gasteiger partial charge in [-0.05, 0) is 31.0 Å². The van der Waals surface area contributed by atoms with E-state index in [1.54, 1.807) is 30.6 Å². The minimum Gasteiger partial charge on any atom is -0.371 e. The Labute approximate surface area is 198 Å². The van der Waals surface area contributed by atoms with Crippen molar-refractivity contribution in [3.05, 3.63) is 54.5 Å². The highest BCUT2D eigenvalue weighted by Crippen LogP contribution is 2.34. The number of para-hydroxylation sites is 1. The molecular weight excluding hydrogens is 454 g/mol. The highest BCUT2D eigenvalue weighted by atomic mass is 32.2. The number of benzene rings is 1. The van der Waals surface area contributed by atoms with Gasteiger partial charge in [0.05, 0.1) is 30.8 Å². The zero-order valence-corrected chi connectivity index (χ0v) is 19.4. The van der Waals surface area contributed by atoms with Crippen LogP contribution in [0.5, 0.6) is 0 Å². The summed E-state index contributed by atoms with van der Waals surface area (Å²) in [6.45, 7) is 0.619. The Bertz CT molecular complexity index is 1290. The Morgan fingerprint density at radius 1 is 0.882 bits per heavy atom. The Kier molecular flexibility index (Phi) is 5.68. The minimum atomic E-state index is -3.82. The van der Waals surface area contributed by atoms with E-state index >= 15 is 0 Å². The maximum atomic E-state index is 13.2. The molecule has 2 aromatic heterocycles. The fourth-order valence-electron chi connectivity index (χ4n) is 5.34. The number of ether oxygens (including phenoxy) is 2. The molecule has 4 heterocycles. The van der Waals surface area contributed by atoms with Crippen LogP contribution in [0.4, 0.5) is 5.95 Å². The van der Waals surface area contributed by atoms with Crippen molar-refractivity contribution in [1.29, 1.82) is 0 Å². The van der Waals surface area contributed by atoms with Crippen molar-refractivity contribution in [3.8, 4) is 0 Å². The topological polar surface area (TPSA) is 115 Å². The highest BCUT2D eigenvalue weighted by molar-refractivity contribution is 7.89. The van der Waals surface area contributed by atoms with E-state index in [0.29, 0.717) is 24.0 Å². The molecule has 0 bridgehead atoms. The van der Waals surface area contributed by atoms with Gasteiger partial charge in [-0.2, -0.15) is 0 Å². The average Bonchev–Trinajstić information content (AvgIpc) is 3.60. The van der Waals surface area contributed by atoms with E-state index in [2.05, 4.69) is 20.0 Å². The van der Waals surface area contributed by atoms with Gasteiger partial charge in [-0.3, -0.25) is 4.98 Å². The number of nitrogens with zero attached hydrogens (tertiary/aromatic N) is 3. The maximum absolute atomic E-state index is 13.2. The number of aromatic nitrogens is 3. The van der Waals surface area contributed by atoms with Crippen molar-refractivity contribution in [2.45, 2.75) is 60.8 Å². The molecule has 2 N–H and O–H groups in total. The van der Waals surface area contributed by atoms with Gasteiger partial charge in [0.15, 0.2) is 0 Å². The van der Waals surface area contributed by atoms with Crippen molar-refractivity contribution >= 4 is 26.9 Å². The first-order valence-electron chi connectivity index (χ1n) is 11.8. The molecule has 1 aliphatic carbocycles. The molecule has 3 aliphatic rings. The third-order valence-electron chi connectivity index (χ3n) is 7.01. The summed E-state index contributed by atoms with van der Waals surface area (Å²) in [5, 5.41) is 4.13. The molecule has 3 fully saturated rings. The SMILES string of the molecule is O=S(=O)(N[C@@H]1CO[C@@H]2[C@@H]1OC[C@@H]2Nc1nccc(C2CCCC2)n1)c1cccc2cccnc12. The van der Waals surface area contributed by atoms with Gasteiger partial charge in [-0.25, -0.2) is 23.1 Å². The molecule has 1 saturated carbocycles. The van der Waals surface area contributed by atoms with Gasteiger partial charge < -0.3 is 14.8 Å². The standard InChI is InChI=1S/C24H27N5O4S/c30-34(31,20-9-3-7-16-8-4-11-25-21(16)20)29-19-14-33-22-18(13-32-23(19)22)28-24-26-12-10-17(27-24)15-5-1-2-6-15/h3-4,7-12,15,18-19,22-23,29H,1-2,5-6,13-14H2,(H,26,27,28)/t18-,19+,22-,23+/m0/s1. The van der Waals surface area contributed by atoms with Crippen LogP contribution in [-0.2, 0) is 19.5 Å². The molecule has 2 aliphatic heterocycles. The minimum absolute atomic E-state index is 0.152. The van der Waals surface area contributed by atoms with Gasteiger partial charge in [-0.1, -0.05) is 31.0 Å². The molecule has 0 spiro atoms. The zero-order valence-electron chi connectivity index (χ0n) is 18.6. The first-order valence-corrected chi connectivity index (χ1v) is 13.3. The molecule has 10 heteroatoms. The van der Waals surface area contributed by atoms with Crippen LogP contribution in [0.3, 0.4) is 0 Å². The number of hydrogen-bond donors (Lipinski definition) is 2. The largest absolute Gasteiger partial charge is 0.371 e. The van der Waals surface area contributed by atoms with Gasteiger partial charge in [0, 0.05) is 29.4 Å². The van der Waals surface area contributed by atoms with Gasteiger partial charge >= 0.3 is 0 Å². The summed E-state index contributed by atoms with van der Waals surface area (Å²) in [6, 6.07) is 10.1. The molecule has 0 unspecified atom stereocenters. The fourth-order valence-corrected chi connectivity index (χ4v) is 6.75. The van der Waals surface area contributed by atoms with Crippen LogP contribution >= 0.6 is 0 Å². The fraction of sp³-hybridized carbons (Fsp3) is 0.458. The number of rotatable bonds is 6. The van der Waals surface area contributed by atoms with E-state index in [0.717, 1.165) is 11.1 Å². The molecule has 0 radical (unpaired) electrons. The summed E-state index contributed by atoms with van der Waals surface area (Å²) in [5.41, 5.74) is 1.52. The number of pyridine rings is 1. The molecule has 178 valence electrons. The third-order valence-corrected chi connectivity index (χ3v) is 8.53. The van der Waals surface area contributed by atoms with Crippen LogP contribution in [0.25, 0.3) is 10.9 Å². The van der Waals surface area contributed by atoms with Crippen LogP contribution < -0.4 is 10.0 Å². The summed E-state index contributed by atoms with van der Waals surface area (Å²) >= 11 is 0. The second kappa shape index (κ2) is 8.84. The van der Waals surface area contributed by atoms with Crippen molar-refractivity contribution in [2.75, 3.05) is 18.5 Å². The Morgan fingerprint density at radius 3 is 2.50 bits per heavy atom. The molecule has 4 atom stereocenters. The summed E-state index contributed by atoms with van der Waals surface area (Å²) in [5.74, 6) is 1.06. The smallest absolute Gasteiger partial charge is 0.243 e. The summed E-state index contributed by atoms with van der Waals surface area (Å²) in [4.78, 5) is 13.5. The van der Waals surface area contributed by atoms with E-state index in [9.17, 15) is 8.42 Å². The molecule has 0 amide bonds. The van der Waals surface area contributed by atoms with Crippen LogP contribution in [0.15, 0.2) is 53.7 Å². The number of fused-ring (bicyclic) bond motifs is 2. The summed E-state index contributed by atoms with van der Waals surface area (Å²) in [6.07, 6.45) is 7.53. The second-order valence-electron chi connectivity index (χ2n) is 9.19. The van der Waals surface area contributed by atoms with E-state index in [4.69, 9.17) is 14.5 Å². The van der Waals surface area contributed by atoms with Gasteiger partial charge in [-0.15, -0.1) is 0 Å². The number of sulfonamides is 1. The van der Waals surface area contributed by atoms with Crippen molar-refractivity contribution in [1.82, 2.24) is 19.7 Å². The first-order chi connectivity index (χ1) is 16.6. The lowest BCUT2D eigenvalue weighted by atomic mass is 10.0. The Morgan fingerprint density at radius 2 is 1.65 bits per heavy atom. The predicted molar refractivity (Wildman–Crippen MR) is 126 cm³/mol. The predicted octanol–water partition coefficient (Wildman–Crippen LogP) is 2.61. The molecule has 9 nitrogen and oxygen atoms in total. The summed E-state index contributed by atoms with van der Waals surface area (Å²) < 4.78 is 41.2. The molecule has 1 aromatic carbocycles. The number of hydrogen-bond acceptors (Lipinski definition) is 8. The monoisotopic (exact) mass is 481 g/mol. The van der Waals surface area contributed by atoms with Gasteiger partial charge in [0.1, 0.15) is 17.1 Å². The highest BCUT2D eigenvalue weighted by Gasteiger charge is 2.49. The van der Waals surface area contributed by atoms with Crippen LogP contribution in [0.1, 0.15) is 37.3 Å². The Balaban J connectivity index is 1.16. The molecule has 2 saturated heterocycles. The van der Waals surface area contributed by atoms with Crippen LogP contribution in [-0.4, -0.2) is 60.9 Å². The average molecular weight is 482 g/mol. The molecule has 3 aromatic rings. The normalized spacial score (nSPS) is 27.3. The van der Waals surface area contributed by atoms with Crippen molar-refractivity contribution in [2.24, 2.45) is 0 Å². The molecular formula is C24H27N5O4S. The van der Waals surface area contributed by atoms with E-state index in [1.807, 2.05) is 18.2 Å². The van der Waals surface area contributed by atoms with E-state index in [-0.39, 0.29) is 23.6 Å². The second-order valence-corrected chi connectivity index (χ2v) is 10.9. The van der Waals surface area contributed by atoms with Gasteiger partial charge in [0.25, 0.3) is 0 Å². The van der Waals surface area contributed by atoms with Crippen LogP contribution in [0.2, 0.25) is 0 Å². The lowest BCUT2D eigenvalue weighted by Crippen LogP contribution is -2.44. The molecule has 6 rings (SSSR count). The van der Waals surface area contributed by atoms with E-state index < -0.39 is 22.2 Å². The Hall–Kier alpha value is -2.66. The van der Waals surface area contributed by atoms with Crippen molar-refractivity contribution < 1.29 is 17.9 Å². The number of nitrogens with one attached hydrogen (secondary N) is 2. The maximum Gasteiger partial charge on any atom is 0.243 e. The molecule has 34 heavy (non-hydrogen) atoms. The van der Waals surface area contributed by atoms with Crippen LogP contribution in [0, 0.1) is 0 Å². The first kappa shape index (κ1) is 21.8.